The summed E-state index contributed by atoms with van der Waals surface area (Å²) in [4.78, 5) is 47.5. The summed E-state index contributed by atoms with van der Waals surface area (Å²) >= 11 is 0. The lowest BCUT2D eigenvalue weighted by molar-refractivity contribution is -0.256. The van der Waals surface area contributed by atoms with Gasteiger partial charge in [0.25, 0.3) is 5.79 Å². The van der Waals surface area contributed by atoms with Gasteiger partial charge in [-0.15, -0.1) is 0 Å². The van der Waals surface area contributed by atoms with Gasteiger partial charge in [-0.05, 0) is 20.8 Å². The van der Waals surface area contributed by atoms with E-state index in [0.717, 1.165) is 20.8 Å². The van der Waals surface area contributed by atoms with Gasteiger partial charge in [-0.25, -0.2) is 0 Å². The zero-order valence-corrected chi connectivity index (χ0v) is 12.5. The van der Waals surface area contributed by atoms with Gasteiger partial charge in [0.05, 0.1) is 6.61 Å². The number of ether oxygens (including phenoxy) is 1. The van der Waals surface area contributed by atoms with E-state index in [1.807, 2.05) is 0 Å². The van der Waals surface area contributed by atoms with Crippen LogP contribution in [0.15, 0.2) is 0 Å². The van der Waals surface area contributed by atoms with E-state index in [4.69, 9.17) is 4.74 Å². The molecule has 9 heteroatoms. The predicted octanol–water partition coefficient (Wildman–Crippen LogP) is -2.75. The molecule has 1 aliphatic rings. The van der Waals surface area contributed by atoms with E-state index in [1.54, 1.807) is 0 Å². The molecule has 0 radical (unpaired) electrons. The summed E-state index contributed by atoms with van der Waals surface area (Å²) in [5.41, 5.74) is -9.70. The van der Waals surface area contributed by atoms with E-state index in [1.165, 1.54) is 0 Å². The zero-order chi connectivity index (χ0) is 17.7. The maximum atomic E-state index is 11.9. The van der Waals surface area contributed by atoms with Crippen molar-refractivity contribution in [1.82, 2.24) is 0 Å². The molecule has 0 unspecified atom stereocenters. The number of rotatable bonds is 5. The molecule has 1 aliphatic heterocycles. The average molecular weight is 318 g/mol. The molecule has 0 saturated carbocycles. The minimum Gasteiger partial charge on any atom is -0.393 e. The van der Waals surface area contributed by atoms with Gasteiger partial charge in [-0.1, -0.05) is 0 Å². The van der Waals surface area contributed by atoms with E-state index in [9.17, 15) is 39.6 Å². The second kappa shape index (κ2) is 5.00. The van der Waals surface area contributed by atoms with Crippen LogP contribution < -0.4 is 0 Å². The van der Waals surface area contributed by atoms with Crippen molar-refractivity contribution in [3.05, 3.63) is 0 Å². The molecule has 0 spiro atoms. The van der Waals surface area contributed by atoms with Crippen molar-refractivity contribution in [2.45, 2.75) is 50.3 Å². The second-order valence-corrected chi connectivity index (χ2v) is 5.38. The van der Waals surface area contributed by atoms with E-state index >= 15 is 0 Å². The van der Waals surface area contributed by atoms with Gasteiger partial charge in [0.15, 0.2) is 28.7 Å². The summed E-state index contributed by atoms with van der Waals surface area (Å²) in [7, 11) is 0. The Kier molecular flexibility index (Phi) is 4.21. The molecule has 4 N–H and O–H groups in total. The Bertz CT molecular complexity index is 570. The normalized spacial score (nSPS) is 41.3. The summed E-state index contributed by atoms with van der Waals surface area (Å²) < 4.78 is 4.83. The lowest BCUT2D eigenvalue weighted by Crippen LogP contribution is -2.75. The Balaban J connectivity index is 3.99. The number of carbonyl (C=O) groups excluding carboxylic acids is 4. The molecule has 22 heavy (non-hydrogen) atoms. The van der Waals surface area contributed by atoms with E-state index in [2.05, 4.69) is 0 Å². The van der Waals surface area contributed by atoms with Gasteiger partial charge in [0.1, 0.15) is 0 Å². The minimum absolute atomic E-state index is 0.693. The van der Waals surface area contributed by atoms with Crippen molar-refractivity contribution in [3.8, 4) is 0 Å². The molecule has 0 aromatic carbocycles. The summed E-state index contributed by atoms with van der Waals surface area (Å²) in [6, 6.07) is 0. The third-order valence-electron chi connectivity index (χ3n) is 4.21. The molecule has 0 aromatic rings. The maximum absolute atomic E-state index is 11.9. The van der Waals surface area contributed by atoms with E-state index < -0.39 is 52.3 Å². The van der Waals surface area contributed by atoms with Crippen molar-refractivity contribution in [3.63, 3.8) is 0 Å². The third-order valence-corrected chi connectivity index (χ3v) is 4.21. The number of Topliss-reactive ketones (excluding diaryl/α,β-unsaturated/α-hetero) is 4. The summed E-state index contributed by atoms with van der Waals surface area (Å²) in [5, 5.41) is 41.1. The SMILES string of the molecule is CC(=O)[C@@]1(O)[C@@](O)(C(C)=O)[C@](CO)(C(C)=O)O[C@]1(O)C(C)=O. The summed E-state index contributed by atoms with van der Waals surface area (Å²) in [6.07, 6.45) is 0. The minimum atomic E-state index is -3.47. The molecular formula is C13H18O9. The number of aliphatic hydroxyl groups excluding tert-OH is 1. The first-order valence-electron chi connectivity index (χ1n) is 6.32. The van der Waals surface area contributed by atoms with Crippen molar-refractivity contribution in [2.24, 2.45) is 0 Å². The fourth-order valence-corrected chi connectivity index (χ4v) is 2.88. The zero-order valence-electron chi connectivity index (χ0n) is 12.5. The Labute approximate surface area is 125 Å². The number of carbonyl (C=O) groups is 4. The molecule has 124 valence electrons. The van der Waals surface area contributed by atoms with Crippen LogP contribution in [0.5, 0.6) is 0 Å². The Morgan fingerprint density at radius 1 is 0.773 bits per heavy atom. The first-order valence-corrected chi connectivity index (χ1v) is 6.32. The number of ketones is 4. The Morgan fingerprint density at radius 3 is 1.41 bits per heavy atom. The van der Waals surface area contributed by atoms with Crippen LogP contribution in [0.25, 0.3) is 0 Å². The Morgan fingerprint density at radius 2 is 1.18 bits per heavy atom. The number of hydrogen-bond acceptors (Lipinski definition) is 9. The molecule has 0 amide bonds. The monoisotopic (exact) mass is 318 g/mol. The van der Waals surface area contributed by atoms with Gasteiger partial charge < -0.3 is 25.2 Å². The molecular weight excluding hydrogens is 300 g/mol. The van der Waals surface area contributed by atoms with Crippen LogP contribution in [0.1, 0.15) is 27.7 Å². The van der Waals surface area contributed by atoms with Crippen LogP contribution in [0.3, 0.4) is 0 Å². The highest BCUT2D eigenvalue weighted by atomic mass is 16.7. The molecule has 1 rings (SSSR count). The van der Waals surface area contributed by atoms with Gasteiger partial charge in [0, 0.05) is 6.92 Å². The van der Waals surface area contributed by atoms with Crippen LogP contribution in [-0.2, 0) is 23.9 Å². The standard InChI is InChI=1S/C13H18O9/c1-6(15)10(5-14)11(19,7(2)16)12(20,8(3)17)13(21,22-10)9(4)18/h14,19-21H,5H2,1-4H3/t10-,11+,12+,13+/m0/s1. The fourth-order valence-electron chi connectivity index (χ4n) is 2.88. The van der Waals surface area contributed by atoms with E-state index in [0.29, 0.717) is 6.92 Å². The van der Waals surface area contributed by atoms with Gasteiger partial charge in [0.2, 0.25) is 11.2 Å². The smallest absolute Gasteiger partial charge is 0.268 e. The van der Waals surface area contributed by atoms with Crippen molar-refractivity contribution in [1.29, 1.82) is 0 Å². The van der Waals surface area contributed by atoms with Crippen LogP contribution in [0.2, 0.25) is 0 Å². The largest absolute Gasteiger partial charge is 0.393 e. The lowest BCUT2D eigenvalue weighted by atomic mass is 9.65. The molecule has 4 atom stereocenters. The Hall–Kier alpha value is -1.52. The quantitative estimate of drug-likeness (QED) is 0.421. The molecule has 1 saturated heterocycles. The van der Waals surface area contributed by atoms with Crippen LogP contribution >= 0.6 is 0 Å². The van der Waals surface area contributed by atoms with Crippen molar-refractivity contribution in [2.75, 3.05) is 6.61 Å². The second-order valence-electron chi connectivity index (χ2n) is 5.38. The van der Waals surface area contributed by atoms with Crippen LogP contribution in [0.4, 0.5) is 0 Å². The van der Waals surface area contributed by atoms with Crippen molar-refractivity contribution >= 4 is 23.1 Å². The van der Waals surface area contributed by atoms with Crippen LogP contribution in [0, 0.1) is 0 Å². The number of aliphatic hydroxyl groups is 4. The molecule has 0 bridgehead atoms. The maximum Gasteiger partial charge on any atom is 0.268 e. The number of hydrogen-bond donors (Lipinski definition) is 4. The molecule has 0 aromatic heterocycles. The molecule has 9 nitrogen and oxygen atoms in total. The molecule has 1 fully saturated rings. The summed E-state index contributed by atoms with van der Waals surface area (Å²) in [6.45, 7) is 1.58. The summed E-state index contributed by atoms with van der Waals surface area (Å²) in [5.74, 6) is -8.61. The first kappa shape index (κ1) is 18.5. The van der Waals surface area contributed by atoms with Crippen LogP contribution in [-0.4, -0.2) is 72.8 Å². The molecule has 0 aliphatic carbocycles. The van der Waals surface area contributed by atoms with Gasteiger partial charge >= 0.3 is 0 Å². The third kappa shape index (κ3) is 1.65. The molecule has 1 heterocycles. The topological polar surface area (TPSA) is 158 Å². The van der Waals surface area contributed by atoms with Crippen molar-refractivity contribution < 1.29 is 44.3 Å². The average Bonchev–Trinajstić information content (AvgIpc) is 2.57. The first-order chi connectivity index (χ1) is 9.79. The fraction of sp³-hybridized carbons (Fsp3) is 0.692. The highest BCUT2D eigenvalue weighted by Gasteiger charge is 2.86. The highest BCUT2D eigenvalue weighted by Crippen LogP contribution is 2.53. The van der Waals surface area contributed by atoms with Gasteiger partial charge in [-0.3, -0.25) is 19.2 Å². The lowest BCUT2D eigenvalue weighted by Gasteiger charge is -2.41. The van der Waals surface area contributed by atoms with E-state index in [-0.39, 0.29) is 0 Å². The van der Waals surface area contributed by atoms with Gasteiger partial charge in [-0.2, -0.15) is 0 Å². The highest BCUT2D eigenvalue weighted by molar-refractivity contribution is 6.10. The predicted molar refractivity (Wildman–Crippen MR) is 68.5 cm³/mol.